The lowest BCUT2D eigenvalue weighted by molar-refractivity contribution is 0.0749. The second-order valence-electron chi connectivity index (χ2n) is 9.74. The normalized spacial score (nSPS) is 15.9. The second-order valence-corrected chi connectivity index (χ2v) is 9.74. The standard InChI is InChI=1S/C22H30N2O3.C7H9N/c1-24(19-7-3-2-4-8-19)13-18(12-20(27)15-26)21-17(14-25)10-9-16-6-5-11-23-22(16)21;1-6-3-4-7(2)8-5-6/h5-6,9-11,14,18-20,26-27H,2-4,7-8,12-13,15H2,1H3;3-5H,1-2H3. The zero-order chi connectivity index (χ0) is 25.2. The maximum Gasteiger partial charge on any atom is 0.150 e. The van der Waals surface area contributed by atoms with E-state index in [1.165, 1.54) is 37.7 Å². The molecule has 1 aliphatic rings. The summed E-state index contributed by atoms with van der Waals surface area (Å²) in [7, 11) is 2.13. The summed E-state index contributed by atoms with van der Waals surface area (Å²) < 4.78 is 0. The van der Waals surface area contributed by atoms with Crippen LogP contribution in [-0.2, 0) is 0 Å². The van der Waals surface area contributed by atoms with Gasteiger partial charge in [0.15, 0.2) is 0 Å². The third-order valence-corrected chi connectivity index (χ3v) is 6.92. The van der Waals surface area contributed by atoms with Gasteiger partial charge in [-0.2, -0.15) is 0 Å². The van der Waals surface area contributed by atoms with Crippen molar-refractivity contribution in [2.45, 2.75) is 70.4 Å². The first-order chi connectivity index (χ1) is 16.9. The zero-order valence-corrected chi connectivity index (χ0v) is 21.2. The zero-order valence-electron chi connectivity index (χ0n) is 21.2. The third kappa shape index (κ3) is 7.66. The van der Waals surface area contributed by atoms with E-state index in [1.807, 2.05) is 50.4 Å². The number of fused-ring (bicyclic) bond motifs is 1. The van der Waals surface area contributed by atoms with Crippen molar-refractivity contribution in [3.63, 3.8) is 0 Å². The first kappa shape index (κ1) is 26.9. The molecular formula is C29H39N3O3. The van der Waals surface area contributed by atoms with Gasteiger partial charge in [-0.15, -0.1) is 0 Å². The van der Waals surface area contributed by atoms with E-state index in [1.54, 1.807) is 6.20 Å². The van der Waals surface area contributed by atoms with Gasteiger partial charge in [-0.1, -0.05) is 43.5 Å². The van der Waals surface area contributed by atoms with Gasteiger partial charge < -0.3 is 15.1 Å². The Hall–Kier alpha value is -2.67. The van der Waals surface area contributed by atoms with Crippen molar-refractivity contribution in [2.75, 3.05) is 20.2 Å². The van der Waals surface area contributed by atoms with E-state index in [-0.39, 0.29) is 12.5 Å². The number of aliphatic hydroxyl groups is 2. The van der Waals surface area contributed by atoms with Gasteiger partial charge in [-0.05, 0) is 63.4 Å². The number of pyridine rings is 2. The second kappa shape index (κ2) is 13.4. The lowest BCUT2D eigenvalue weighted by Gasteiger charge is -2.35. The fourth-order valence-electron chi connectivity index (χ4n) is 4.96. The molecule has 0 radical (unpaired) electrons. The summed E-state index contributed by atoms with van der Waals surface area (Å²) in [6.45, 7) is 4.47. The lowest BCUT2D eigenvalue weighted by Crippen LogP contribution is -2.37. The lowest BCUT2D eigenvalue weighted by atomic mass is 9.86. The van der Waals surface area contributed by atoms with Crippen molar-refractivity contribution >= 4 is 17.2 Å². The highest BCUT2D eigenvalue weighted by atomic mass is 16.3. The van der Waals surface area contributed by atoms with E-state index in [2.05, 4.69) is 28.0 Å². The van der Waals surface area contributed by atoms with Crippen molar-refractivity contribution in [3.05, 3.63) is 71.2 Å². The Labute approximate surface area is 209 Å². The summed E-state index contributed by atoms with van der Waals surface area (Å²) in [4.78, 5) is 22.8. The van der Waals surface area contributed by atoms with Crippen molar-refractivity contribution in [2.24, 2.45) is 0 Å². The van der Waals surface area contributed by atoms with Crippen molar-refractivity contribution in [3.8, 4) is 0 Å². The Morgan fingerprint density at radius 3 is 2.49 bits per heavy atom. The Morgan fingerprint density at radius 1 is 1.09 bits per heavy atom. The van der Waals surface area contributed by atoms with Crippen LogP contribution >= 0.6 is 0 Å². The van der Waals surface area contributed by atoms with Gasteiger partial charge in [-0.25, -0.2) is 0 Å². The molecule has 2 aromatic heterocycles. The molecule has 2 unspecified atom stereocenters. The number of carbonyl (C=O) groups is 1. The Kier molecular flexibility index (Phi) is 10.3. The highest BCUT2D eigenvalue weighted by molar-refractivity contribution is 5.91. The van der Waals surface area contributed by atoms with Gasteiger partial charge in [0.25, 0.3) is 0 Å². The van der Waals surface area contributed by atoms with Crippen molar-refractivity contribution < 1.29 is 15.0 Å². The van der Waals surface area contributed by atoms with Gasteiger partial charge in [0.05, 0.1) is 18.2 Å². The SMILES string of the molecule is CN(CC(CC(O)CO)c1c(C=O)ccc2cccnc12)C1CCCCC1.Cc1ccc(C)nc1. The van der Waals surface area contributed by atoms with Gasteiger partial charge in [0.1, 0.15) is 6.29 Å². The quantitative estimate of drug-likeness (QED) is 0.452. The molecule has 4 rings (SSSR count). The number of rotatable bonds is 8. The molecule has 1 aliphatic carbocycles. The summed E-state index contributed by atoms with van der Waals surface area (Å²) in [6.07, 6.45) is 10.3. The van der Waals surface area contributed by atoms with Crippen LogP contribution in [0.25, 0.3) is 10.9 Å². The number of aliphatic hydroxyl groups excluding tert-OH is 2. The molecule has 2 N–H and O–H groups in total. The fourth-order valence-corrected chi connectivity index (χ4v) is 4.96. The van der Waals surface area contributed by atoms with E-state index in [0.29, 0.717) is 18.0 Å². The van der Waals surface area contributed by atoms with Gasteiger partial charge in [0.2, 0.25) is 0 Å². The summed E-state index contributed by atoms with van der Waals surface area (Å²) in [5.41, 5.74) is 4.62. The van der Waals surface area contributed by atoms with Crippen molar-refractivity contribution in [1.29, 1.82) is 0 Å². The number of aryl methyl sites for hydroxylation is 2. The van der Waals surface area contributed by atoms with Gasteiger partial charge in [-0.3, -0.25) is 14.8 Å². The monoisotopic (exact) mass is 477 g/mol. The molecule has 0 saturated heterocycles. The predicted molar refractivity (Wildman–Crippen MR) is 141 cm³/mol. The summed E-state index contributed by atoms with van der Waals surface area (Å²) in [6, 6.07) is 12.2. The molecule has 2 atom stereocenters. The highest BCUT2D eigenvalue weighted by Gasteiger charge is 2.26. The molecule has 35 heavy (non-hydrogen) atoms. The minimum absolute atomic E-state index is 0.0714. The average Bonchev–Trinajstić information content (AvgIpc) is 2.90. The van der Waals surface area contributed by atoms with Crippen LogP contribution in [0.2, 0.25) is 0 Å². The Bertz CT molecular complexity index is 1040. The summed E-state index contributed by atoms with van der Waals surface area (Å²) in [5, 5.41) is 20.6. The van der Waals surface area contributed by atoms with E-state index < -0.39 is 6.10 Å². The summed E-state index contributed by atoms with van der Waals surface area (Å²) >= 11 is 0. The Balaban J connectivity index is 0.000000363. The number of hydrogen-bond donors (Lipinski definition) is 2. The first-order valence-corrected chi connectivity index (χ1v) is 12.6. The number of aromatic nitrogens is 2. The molecule has 1 fully saturated rings. The maximum absolute atomic E-state index is 11.8. The first-order valence-electron chi connectivity index (χ1n) is 12.6. The van der Waals surface area contributed by atoms with Crippen LogP contribution in [0.3, 0.4) is 0 Å². The molecule has 6 nitrogen and oxygen atoms in total. The fraction of sp³-hybridized carbons (Fsp3) is 0.483. The number of likely N-dealkylation sites (N-methyl/N-ethyl adjacent to an activating group) is 1. The number of benzene rings is 1. The van der Waals surface area contributed by atoms with Crippen LogP contribution in [-0.4, -0.2) is 63.7 Å². The Morgan fingerprint density at radius 2 is 1.86 bits per heavy atom. The van der Waals surface area contributed by atoms with E-state index in [4.69, 9.17) is 0 Å². The van der Waals surface area contributed by atoms with E-state index >= 15 is 0 Å². The number of nitrogens with zero attached hydrogens (tertiary/aromatic N) is 3. The molecule has 2 heterocycles. The van der Waals surface area contributed by atoms with Crippen LogP contribution in [0.15, 0.2) is 48.8 Å². The molecule has 6 heteroatoms. The molecule has 1 aromatic carbocycles. The molecule has 0 amide bonds. The highest BCUT2D eigenvalue weighted by Crippen LogP contribution is 2.32. The molecule has 0 bridgehead atoms. The van der Waals surface area contributed by atoms with Crippen molar-refractivity contribution in [1.82, 2.24) is 14.9 Å². The number of aldehydes is 1. The number of carbonyl (C=O) groups excluding carboxylic acids is 1. The van der Waals surface area contributed by atoms with E-state index in [0.717, 1.165) is 35.0 Å². The topological polar surface area (TPSA) is 86.5 Å². The molecule has 3 aromatic rings. The number of hydrogen-bond acceptors (Lipinski definition) is 6. The average molecular weight is 478 g/mol. The molecule has 0 spiro atoms. The minimum Gasteiger partial charge on any atom is -0.394 e. The van der Waals surface area contributed by atoms with Gasteiger partial charge >= 0.3 is 0 Å². The van der Waals surface area contributed by atoms with Gasteiger partial charge in [0, 0.05) is 47.5 Å². The molecular weight excluding hydrogens is 438 g/mol. The third-order valence-electron chi connectivity index (χ3n) is 6.92. The molecule has 0 aliphatic heterocycles. The summed E-state index contributed by atoms with van der Waals surface area (Å²) in [5.74, 6) is -0.0714. The van der Waals surface area contributed by atoms with Crippen LogP contribution in [0.4, 0.5) is 0 Å². The van der Waals surface area contributed by atoms with Crippen LogP contribution < -0.4 is 0 Å². The predicted octanol–water partition coefficient (Wildman–Crippen LogP) is 4.84. The van der Waals surface area contributed by atoms with E-state index in [9.17, 15) is 15.0 Å². The van der Waals surface area contributed by atoms with Crippen LogP contribution in [0.1, 0.15) is 71.6 Å². The maximum atomic E-state index is 11.8. The minimum atomic E-state index is -0.812. The van der Waals surface area contributed by atoms with Crippen LogP contribution in [0.5, 0.6) is 0 Å². The van der Waals surface area contributed by atoms with Crippen LogP contribution in [0, 0.1) is 13.8 Å². The smallest absolute Gasteiger partial charge is 0.150 e. The largest absolute Gasteiger partial charge is 0.394 e. The molecule has 1 saturated carbocycles. The molecule has 188 valence electrons.